The van der Waals surface area contributed by atoms with Gasteiger partial charge >= 0.3 is 0 Å². The fraction of sp³-hybridized carbons (Fsp3) is 0.400. The molecular weight excluding hydrogens is 853 g/mol. The van der Waals surface area contributed by atoms with Crippen molar-refractivity contribution in [2.45, 2.75) is 152 Å². The van der Waals surface area contributed by atoms with Crippen molar-refractivity contribution in [3.05, 3.63) is 149 Å². The third-order valence-corrected chi connectivity index (χ3v) is 15.3. The average Bonchev–Trinajstić information content (AvgIpc) is 3.67. The summed E-state index contributed by atoms with van der Waals surface area (Å²) in [6, 6.07) is 42.2. The highest BCUT2D eigenvalue weighted by molar-refractivity contribution is 6.00. The number of phenolic OH excluding ortho intramolecular Hbond substituents is 1. The van der Waals surface area contributed by atoms with Gasteiger partial charge in [-0.2, -0.15) is 0 Å². The first-order valence-corrected chi connectivity index (χ1v) is 25.7. The first-order valence-electron chi connectivity index (χ1n) is 25.7. The summed E-state index contributed by atoms with van der Waals surface area (Å²) < 4.78 is 2.31. The molecule has 0 aliphatic rings. The number of phenols is 1. The molecule has 70 heavy (non-hydrogen) atoms. The number of nitrogens with zero attached hydrogens (tertiary/aromatic N) is 4. The number of benzene rings is 6. The zero-order chi connectivity index (χ0) is 51.0. The normalized spacial score (nSPS) is 13.2. The Hall–Kier alpha value is -6.07. The van der Waals surface area contributed by atoms with E-state index in [0.29, 0.717) is 29.1 Å². The molecule has 0 atom stereocenters. The van der Waals surface area contributed by atoms with Crippen molar-refractivity contribution in [3.63, 3.8) is 0 Å². The van der Waals surface area contributed by atoms with Gasteiger partial charge in [0.05, 0.1) is 33.5 Å². The van der Waals surface area contributed by atoms with E-state index in [9.17, 15) is 5.11 Å². The SMILES string of the molecule is CC(C)C(c1cccc2c(-c3cc(-c4cccc5c4nc(-c4cc(C(C)(C)C)cc(C(C)(C)C)c4O)n5-c4ccc(C(C)(C)C)cc4-c4ccccc4)cc(C(C)(C)C)c3)ncnc12)(C(C)C)C(C)C. The molecule has 0 unspecified atom stereocenters. The predicted molar refractivity (Wildman–Crippen MR) is 299 cm³/mol. The summed E-state index contributed by atoms with van der Waals surface area (Å²) in [6.45, 7) is 41.1. The van der Waals surface area contributed by atoms with E-state index in [1.165, 1.54) is 16.7 Å². The number of aromatic nitrogens is 4. The molecule has 0 aliphatic heterocycles. The minimum atomic E-state index is -0.332. The van der Waals surface area contributed by atoms with Crippen LogP contribution in [0.3, 0.4) is 0 Å². The molecule has 5 heteroatoms. The molecule has 5 nitrogen and oxygen atoms in total. The molecule has 2 heterocycles. The lowest BCUT2D eigenvalue weighted by atomic mass is 9.58. The fourth-order valence-corrected chi connectivity index (χ4v) is 11.6. The molecule has 0 amide bonds. The monoisotopic (exact) mass is 931 g/mol. The van der Waals surface area contributed by atoms with Crippen LogP contribution in [-0.2, 0) is 27.1 Å². The maximum atomic E-state index is 12.7. The molecule has 364 valence electrons. The summed E-state index contributed by atoms with van der Waals surface area (Å²) >= 11 is 0. The minimum Gasteiger partial charge on any atom is -0.507 e. The molecule has 0 fully saturated rings. The number of fused-ring (bicyclic) bond motifs is 2. The Morgan fingerprint density at radius 2 is 1.04 bits per heavy atom. The molecule has 0 aliphatic carbocycles. The molecule has 0 radical (unpaired) electrons. The Labute approximate surface area is 419 Å². The summed E-state index contributed by atoms with van der Waals surface area (Å²) in [5, 5.41) is 13.7. The van der Waals surface area contributed by atoms with Crippen LogP contribution >= 0.6 is 0 Å². The van der Waals surface area contributed by atoms with Crippen molar-refractivity contribution in [1.29, 1.82) is 0 Å². The highest BCUT2D eigenvalue weighted by Gasteiger charge is 2.43. The molecule has 8 aromatic rings. The van der Waals surface area contributed by atoms with Crippen molar-refractivity contribution in [2.24, 2.45) is 17.8 Å². The maximum absolute atomic E-state index is 12.7. The molecule has 8 rings (SSSR count). The van der Waals surface area contributed by atoms with E-state index < -0.39 is 0 Å². The van der Waals surface area contributed by atoms with Gasteiger partial charge in [0.1, 0.15) is 17.9 Å². The fourth-order valence-electron chi connectivity index (χ4n) is 11.6. The van der Waals surface area contributed by atoms with Gasteiger partial charge in [-0.3, -0.25) is 4.57 Å². The second-order valence-electron chi connectivity index (χ2n) is 25.1. The smallest absolute Gasteiger partial charge is 0.149 e. The van der Waals surface area contributed by atoms with Crippen LogP contribution < -0.4 is 0 Å². The van der Waals surface area contributed by atoms with Crippen molar-refractivity contribution in [1.82, 2.24) is 19.5 Å². The van der Waals surface area contributed by atoms with E-state index in [4.69, 9.17) is 15.0 Å². The maximum Gasteiger partial charge on any atom is 0.149 e. The Morgan fingerprint density at radius 3 is 1.64 bits per heavy atom. The number of aromatic hydroxyl groups is 1. The van der Waals surface area contributed by atoms with Crippen molar-refractivity contribution < 1.29 is 5.11 Å². The Balaban J connectivity index is 1.48. The van der Waals surface area contributed by atoms with E-state index in [-0.39, 0.29) is 32.8 Å². The first-order chi connectivity index (χ1) is 32.6. The predicted octanol–water partition coefficient (Wildman–Crippen LogP) is 17.7. The number of imidazole rings is 1. The summed E-state index contributed by atoms with van der Waals surface area (Å²) in [7, 11) is 0. The van der Waals surface area contributed by atoms with Gasteiger partial charge in [0.2, 0.25) is 0 Å². The number of hydrogen-bond donors (Lipinski definition) is 1. The Bertz CT molecular complexity index is 3210. The molecule has 0 saturated carbocycles. The van der Waals surface area contributed by atoms with Crippen LogP contribution in [0, 0.1) is 17.8 Å². The van der Waals surface area contributed by atoms with Crippen LogP contribution in [0.2, 0.25) is 0 Å². The average molecular weight is 931 g/mol. The van der Waals surface area contributed by atoms with Gasteiger partial charge < -0.3 is 5.11 Å². The largest absolute Gasteiger partial charge is 0.507 e. The van der Waals surface area contributed by atoms with E-state index in [1.807, 2.05) is 0 Å². The first kappa shape index (κ1) is 50.3. The second-order valence-corrected chi connectivity index (χ2v) is 25.1. The van der Waals surface area contributed by atoms with Crippen molar-refractivity contribution >= 4 is 21.9 Å². The van der Waals surface area contributed by atoms with Gasteiger partial charge in [-0.15, -0.1) is 0 Å². The van der Waals surface area contributed by atoms with Gasteiger partial charge in [-0.25, -0.2) is 15.0 Å². The summed E-state index contributed by atoms with van der Waals surface area (Å²) in [5.41, 5.74) is 15.7. The lowest BCUT2D eigenvalue weighted by Crippen LogP contribution is -2.43. The quantitative estimate of drug-likeness (QED) is 0.157. The summed E-state index contributed by atoms with van der Waals surface area (Å²) in [4.78, 5) is 16.0. The lowest BCUT2D eigenvalue weighted by Gasteiger charge is -2.46. The summed E-state index contributed by atoms with van der Waals surface area (Å²) in [5.74, 6) is 2.15. The standard InChI is InChI=1S/C65H78N4O/c1-39(2)65(40(3)4,41(5)6)52-28-22-27-49-56(66-38-67-57(49)52)44-32-43(33-46(34-44)62(10,11)12)48-26-23-29-55-58(48)68-60(51-36-47(63(13,14)15)37-53(59(51)70)64(16,17)18)69(55)54-31-30-45(61(7,8)9)35-50(54)42-24-20-19-21-25-42/h19-41,70H,1-18H3. The van der Waals surface area contributed by atoms with Crippen molar-refractivity contribution in [3.8, 4) is 56.3 Å². The highest BCUT2D eigenvalue weighted by atomic mass is 16.3. The van der Waals surface area contributed by atoms with Crippen LogP contribution in [-0.4, -0.2) is 24.6 Å². The van der Waals surface area contributed by atoms with Crippen LogP contribution in [0.15, 0.2) is 122 Å². The number of hydrogen-bond acceptors (Lipinski definition) is 4. The van der Waals surface area contributed by atoms with Gasteiger partial charge in [0.15, 0.2) is 0 Å². The van der Waals surface area contributed by atoms with Gasteiger partial charge in [-0.05, 0) is 109 Å². The molecule has 0 spiro atoms. The third kappa shape index (κ3) is 8.88. The van der Waals surface area contributed by atoms with E-state index in [1.54, 1.807) is 6.33 Å². The minimum absolute atomic E-state index is 0.0806. The van der Waals surface area contributed by atoms with Crippen LogP contribution in [0.5, 0.6) is 5.75 Å². The van der Waals surface area contributed by atoms with Crippen LogP contribution in [0.25, 0.3) is 72.5 Å². The second kappa shape index (κ2) is 18.0. The molecule has 1 N–H and O–H groups in total. The number of rotatable bonds is 9. The highest BCUT2D eigenvalue weighted by Crippen LogP contribution is 2.50. The van der Waals surface area contributed by atoms with E-state index in [2.05, 4.69) is 244 Å². The zero-order valence-electron chi connectivity index (χ0n) is 45.5. The third-order valence-electron chi connectivity index (χ3n) is 15.3. The zero-order valence-corrected chi connectivity index (χ0v) is 45.5. The molecule has 2 aromatic heterocycles. The van der Waals surface area contributed by atoms with Crippen LogP contribution in [0.4, 0.5) is 0 Å². The molecular formula is C65H78N4O. The number of para-hydroxylation sites is 2. The molecule has 0 bridgehead atoms. The summed E-state index contributed by atoms with van der Waals surface area (Å²) in [6.07, 6.45) is 1.77. The topological polar surface area (TPSA) is 63.8 Å². The van der Waals surface area contributed by atoms with Crippen LogP contribution in [0.1, 0.15) is 152 Å². The molecule has 0 saturated heterocycles. The van der Waals surface area contributed by atoms with Gasteiger partial charge in [0, 0.05) is 33.1 Å². The van der Waals surface area contributed by atoms with Crippen molar-refractivity contribution in [2.75, 3.05) is 0 Å². The van der Waals surface area contributed by atoms with Gasteiger partial charge in [0.25, 0.3) is 0 Å². The van der Waals surface area contributed by atoms with E-state index in [0.717, 1.165) is 72.3 Å². The molecule has 6 aromatic carbocycles. The lowest BCUT2D eigenvalue weighted by molar-refractivity contribution is 0.149. The van der Waals surface area contributed by atoms with Gasteiger partial charge in [-0.1, -0.05) is 203 Å². The van der Waals surface area contributed by atoms with E-state index >= 15 is 0 Å². The Morgan fingerprint density at radius 1 is 0.457 bits per heavy atom. The Kier molecular flexibility index (Phi) is 12.9.